The quantitative estimate of drug-likeness (QED) is 0.775. The van der Waals surface area contributed by atoms with Gasteiger partial charge in [-0.2, -0.15) is 0 Å². The van der Waals surface area contributed by atoms with E-state index < -0.39 is 0 Å². The molecule has 0 unspecified atom stereocenters. The molecular weight excluding hydrogens is 202 g/mol. The molecule has 0 aliphatic heterocycles. The van der Waals surface area contributed by atoms with Crippen molar-refractivity contribution >= 4 is 0 Å². The summed E-state index contributed by atoms with van der Waals surface area (Å²) in [5, 5.41) is 3.24. The maximum absolute atomic E-state index is 5.63. The van der Waals surface area contributed by atoms with Crippen molar-refractivity contribution in [1.29, 1.82) is 0 Å². The third-order valence-electron chi connectivity index (χ3n) is 2.33. The second kappa shape index (κ2) is 6.71. The molecule has 1 aromatic rings. The molecule has 1 aromatic heterocycles. The Bertz CT molecular complexity index is 305. The first kappa shape index (κ1) is 13.3. The van der Waals surface area contributed by atoms with E-state index in [9.17, 15) is 0 Å². The summed E-state index contributed by atoms with van der Waals surface area (Å²) in [6.07, 6.45) is 0. The number of furan rings is 1. The van der Waals surface area contributed by atoms with Crippen LogP contribution < -0.4 is 5.32 Å². The van der Waals surface area contributed by atoms with Gasteiger partial charge in [0.2, 0.25) is 0 Å². The number of ether oxygens (including phenoxy) is 1. The first-order chi connectivity index (χ1) is 7.63. The van der Waals surface area contributed by atoms with Crippen molar-refractivity contribution in [3.8, 4) is 0 Å². The predicted octanol–water partition coefficient (Wildman–Crippen LogP) is 2.87. The van der Waals surface area contributed by atoms with Gasteiger partial charge < -0.3 is 14.5 Å². The standard InChI is InChI=1S/C13H23NO2/c1-5-14-7-13-6-12(11(4)16-13)9-15-8-10(2)3/h6,10,14H,5,7-9H2,1-4H3. The van der Waals surface area contributed by atoms with Crippen molar-refractivity contribution in [3.63, 3.8) is 0 Å². The van der Waals surface area contributed by atoms with Crippen LogP contribution in [-0.4, -0.2) is 13.2 Å². The zero-order valence-corrected chi connectivity index (χ0v) is 10.8. The molecule has 3 heteroatoms. The van der Waals surface area contributed by atoms with E-state index in [0.29, 0.717) is 12.5 Å². The van der Waals surface area contributed by atoms with Crippen molar-refractivity contribution < 1.29 is 9.15 Å². The molecule has 0 fully saturated rings. The van der Waals surface area contributed by atoms with Crippen molar-refractivity contribution in [3.05, 3.63) is 23.2 Å². The monoisotopic (exact) mass is 225 g/mol. The molecule has 0 atom stereocenters. The first-order valence-electron chi connectivity index (χ1n) is 6.00. The van der Waals surface area contributed by atoms with Crippen molar-refractivity contribution in [2.45, 2.75) is 40.8 Å². The molecule has 1 rings (SSSR count). The maximum atomic E-state index is 5.63. The first-order valence-corrected chi connectivity index (χ1v) is 6.00. The van der Waals surface area contributed by atoms with E-state index in [0.717, 1.165) is 36.8 Å². The van der Waals surface area contributed by atoms with Gasteiger partial charge in [-0.1, -0.05) is 20.8 Å². The summed E-state index contributed by atoms with van der Waals surface area (Å²) in [4.78, 5) is 0. The molecule has 16 heavy (non-hydrogen) atoms. The van der Waals surface area contributed by atoms with Gasteiger partial charge in [0.05, 0.1) is 13.2 Å². The topological polar surface area (TPSA) is 34.4 Å². The van der Waals surface area contributed by atoms with Crippen molar-refractivity contribution in [2.75, 3.05) is 13.2 Å². The van der Waals surface area contributed by atoms with E-state index in [1.165, 1.54) is 0 Å². The van der Waals surface area contributed by atoms with Gasteiger partial charge in [0, 0.05) is 12.2 Å². The third kappa shape index (κ3) is 4.37. The number of rotatable bonds is 7. The number of hydrogen-bond acceptors (Lipinski definition) is 3. The lowest BCUT2D eigenvalue weighted by Gasteiger charge is -2.05. The lowest BCUT2D eigenvalue weighted by atomic mass is 10.2. The molecule has 3 nitrogen and oxygen atoms in total. The largest absolute Gasteiger partial charge is 0.465 e. The summed E-state index contributed by atoms with van der Waals surface area (Å²) in [6, 6.07) is 2.08. The Morgan fingerprint density at radius 2 is 2.19 bits per heavy atom. The highest BCUT2D eigenvalue weighted by Gasteiger charge is 2.07. The van der Waals surface area contributed by atoms with Crippen LogP contribution in [0.4, 0.5) is 0 Å². The van der Waals surface area contributed by atoms with Gasteiger partial charge in [-0.15, -0.1) is 0 Å². The minimum atomic E-state index is 0.577. The van der Waals surface area contributed by atoms with E-state index in [1.807, 2.05) is 6.92 Å². The van der Waals surface area contributed by atoms with E-state index in [4.69, 9.17) is 9.15 Å². The van der Waals surface area contributed by atoms with Gasteiger partial charge in [-0.05, 0) is 25.5 Å². The molecule has 0 saturated carbocycles. The van der Waals surface area contributed by atoms with Crippen LogP contribution in [0.5, 0.6) is 0 Å². The van der Waals surface area contributed by atoms with Crippen LogP contribution in [0.25, 0.3) is 0 Å². The Labute approximate surface area is 98.2 Å². The van der Waals surface area contributed by atoms with Crippen molar-refractivity contribution in [1.82, 2.24) is 5.32 Å². The average Bonchev–Trinajstić information content (AvgIpc) is 2.56. The summed E-state index contributed by atoms with van der Waals surface area (Å²) in [7, 11) is 0. The third-order valence-corrected chi connectivity index (χ3v) is 2.33. The second-order valence-corrected chi connectivity index (χ2v) is 4.48. The zero-order valence-electron chi connectivity index (χ0n) is 10.8. The Morgan fingerprint density at radius 3 is 2.81 bits per heavy atom. The van der Waals surface area contributed by atoms with Crippen LogP contribution >= 0.6 is 0 Å². The number of hydrogen-bond donors (Lipinski definition) is 1. The number of nitrogens with one attached hydrogen (secondary N) is 1. The van der Waals surface area contributed by atoms with E-state index in [2.05, 4.69) is 32.2 Å². The van der Waals surface area contributed by atoms with Crippen LogP contribution in [0.3, 0.4) is 0 Å². The molecule has 0 aliphatic carbocycles. The predicted molar refractivity (Wildman–Crippen MR) is 65.3 cm³/mol. The molecule has 0 radical (unpaired) electrons. The summed E-state index contributed by atoms with van der Waals surface area (Å²) >= 11 is 0. The van der Waals surface area contributed by atoms with E-state index >= 15 is 0 Å². The molecule has 0 aromatic carbocycles. The fourth-order valence-corrected chi connectivity index (χ4v) is 1.47. The van der Waals surface area contributed by atoms with Gasteiger partial charge >= 0.3 is 0 Å². The Hall–Kier alpha value is -0.800. The Balaban J connectivity index is 2.43. The normalized spacial score (nSPS) is 11.3. The summed E-state index contributed by atoms with van der Waals surface area (Å²) in [6.45, 7) is 11.6. The van der Waals surface area contributed by atoms with Gasteiger partial charge in [0.15, 0.2) is 0 Å². The molecular formula is C13H23NO2. The fourth-order valence-electron chi connectivity index (χ4n) is 1.47. The second-order valence-electron chi connectivity index (χ2n) is 4.48. The Kier molecular flexibility index (Phi) is 5.56. The van der Waals surface area contributed by atoms with Crippen LogP contribution in [0.1, 0.15) is 37.9 Å². The van der Waals surface area contributed by atoms with Gasteiger partial charge in [0.1, 0.15) is 11.5 Å². The fraction of sp³-hybridized carbons (Fsp3) is 0.692. The van der Waals surface area contributed by atoms with E-state index in [1.54, 1.807) is 0 Å². The van der Waals surface area contributed by atoms with Gasteiger partial charge in [-0.25, -0.2) is 0 Å². The minimum Gasteiger partial charge on any atom is -0.465 e. The molecule has 0 bridgehead atoms. The molecule has 0 amide bonds. The molecule has 0 saturated heterocycles. The van der Waals surface area contributed by atoms with Crippen molar-refractivity contribution in [2.24, 2.45) is 5.92 Å². The molecule has 0 aliphatic rings. The zero-order chi connectivity index (χ0) is 12.0. The summed E-state index contributed by atoms with van der Waals surface area (Å²) in [5.74, 6) is 2.53. The van der Waals surface area contributed by atoms with E-state index in [-0.39, 0.29) is 0 Å². The Morgan fingerprint density at radius 1 is 1.44 bits per heavy atom. The highest BCUT2D eigenvalue weighted by Crippen LogP contribution is 2.15. The van der Waals surface area contributed by atoms with Crippen LogP contribution in [-0.2, 0) is 17.9 Å². The highest BCUT2D eigenvalue weighted by atomic mass is 16.5. The summed E-state index contributed by atoms with van der Waals surface area (Å²) in [5.41, 5.74) is 1.16. The average molecular weight is 225 g/mol. The molecule has 92 valence electrons. The lowest BCUT2D eigenvalue weighted by molar-refractivity contribution is 0.0962. The summed E-state index contributed by atoms with van der Waals surface area (Å²) < 4.78 is 11.2. The number of aryl methyl sites for hydroxylation is 1. The van der Waals surface area contributed by atoms with Crippen LogP contribution in [0.2, 0.25) is 0 Å². The molecule has 1 heterocycles. The maximum Gasteiger partial charge on any atom is 0.118 e. The van der Waals surface area contributed by atoms with Crippen LogP contribution in [0, 0.1) is 12.8 Å². The highest BCUT2D eigenvalue weighted by molar-refractivity contribution is 5.19. The minimum absolute atomic E-state index is 0.577. The molecule has 0 spiro atoms. The van der Waals surface area contributed by atoms with Gasteiger partial charge in [0.25, 0.3) is 0 Å². The smallest absolute Gasteiger partial charge is 0.118 e. The lowest BCUT2D eigenvalue weighted by Crippen LogP contribution is -2.10. The molecule has 1 N–H and O–H groups in total. The van der Waals surface area contributed by atoms with Crippen LogP contribution in [0.15, 0.2) is 10.5 Å². The van der Waals surface area contributed by atoms with Gasteiger partial charge in [-0.3, -0.25) is 0 Å². The SMILES string of the molecule is CCNCc1cc(COCC(C)C)c(C)o1.